The normalized spacial score (nSPS) is 21.0. The van der Waals surface area contributed by atoms with Crippen LogP contribution in [-0.2, 0) is 32.9 Å². The lowest BCUT2D eigenvalue weighted by atomic mass is 9.99. The van der Waals surface area contributed by atoms with Crippen molar-refractivity contribution in [3.8, 4) is 11.9 Å². The van der Waals surface area contributed by atoms with Gasteiger partial charge in [-0.2, -0.15) is 17.7 Å². The van der Waals surface area contributed by atoms with Gasteiger partial charge in [-0.25, -0.2) is 8.42 Å². The minimum Gasteiger partial charge on any atom is -0.741 e. The van der Waals surface area contributed by atoms with Gasteiger partial charge in [0.25, 0.3) is 0 Å². The molecule has 12 nitrogen and oxygen atoms in total. The van der Waals surface area contributed by atoms with Crippen molar-refractivity contribution in [3.63, 3.8) is 0 Å². The first-order valence-corrected chi connectivity index (χ1v) is 19.5. The van der Waals surface area contributed by atoms with Crippen LogP contribution in [0.4, 0.5) is 13.2 Å². The van der Waals surface area contributed by atoms with Crippen LogP contribution in [0.25, 0.3) is 0 Å². The highest BCUT2D eigenvalue weighted by atomic mass is 32.2. The smallest absolute Gasteiger partial charge is 0.504 e. The summed E-state index contributed by atoms with van der Waals surface area (Å²) in [5, 5.41) is 0.132. The molecule has 1 aromatic heterocycles. The van der Waals surface area contributed by atoms with Gasteiger partial charge in [-0.3, -0.25) is 4.57 Å². The van der Waals surface area contributed by atoms with Gasteiger partial charge in [0.1, 0.15) is 18.4 Å². The Morgan fingerprint density at radius 3 is 2.24 bits per heavy atom. The third kappa shape index (κ3) is 8.86. The maximum Gasteiger partial charge on any atom is 0.504 e. The van der Waals surface area contributed by atoms with E-state index >= 15 is 0 Å². The molecule has 244 valence electrons. The van der Waals surface area contributed by atoms with Crippen LogP contribution in [0, 0.1) is 12.8 Å². The van der Waals surface area contributed by atoms with Crippen molar-refractivity contribution in [2.24, 2.45) is 5.92 Å². The second-order valence-corrected chi connectivity index (χ2v) is 19.2. The number of hydrogen-bond acceptors (Lipinski definition) is 11. The SMILES string of the molecule is CCOP(=O)(COc1nc2[n+](cc1C)[C@H]1C[C@@H](O2)[C@@H](CO[Si](C)(C)C(C)(C)C(C)C)O1)OCC.O=S(=O)([O-])C(F)(F)F. The molecule has 0 spiro atoms. The van der Waals surface area contributed by atoms with Crippen molar-refractivity contribution in [2.45, 2.75) is 97.0 Å². The summed E-state index contributed by atoms with van der Waals surface area (Å²) in [6.45, 7) is 20.1. The molecule has 1 saturated heterocycles. The van der Waals surface area contributed by atoms with E-state index in [2.05, 4.69) is 45.8 Å². The molecule has 0 unspecified atom stereocenters. The summed E-state index contributed by atoms with van der Waals surface area (Å²) in [6.07, 6.45) is 1.96. The van der Waals surface area contributed by atoms with Crippen molar-refractivity contribution >= 4 is 26.0 Å². The molecule has 0 aliphatic carbocycles. The number of alkyl halides is 3. The molecule has 0 radical (unpaired) electrons. The molecule has 1 aromatic rings. The van der Waals surface area contributed by atoms with Crippen molar-refractivity contribution in [1.82, 2.24) is 4.98 Å². The predicted octanol–water partition coefficient (Wildman–Crippen LogP) is 5.04. The van der Waals surface area contributed by atoms with E-state index < -0.39 is 31.5 Å². The minimum absolute atomic E-state index is 0.132. The molecule has 0 amide bonds. The molecule has 1 fully saturated rings. The van der Waals surface area contributed by atoms with Gasteiger partial charge in [0.05, 0.1) is 31.8 Å². The second kappa shape index (κ2) is 13.8. The fraction of sp³-hybridized carbons (Fsp3) is 0.833. The van der Waals surface area contributed by atoms with Crippen LogP contribution in [0.15, 0.2) is 6.20 Å². The van der Waals surface area contributed by atoms with E-state index in [1.54, 1.807) is 13.8 Å². The Labute approximate surface area is 246 Å². The Kier molecular flexibility index (Phi) is 12.1. The summed E-state index contributed by atoms with van der Waals surface area (Å²) in [7, 11) is -11.4. The van der Waals surface area contributed by atoms with E-state index in [4.69, 9.17) is 40.7 Å². The van der Waals surface area contributed by atoms with Gasteiger partial charge in [-0.15, -0.1) is 0 Å². The number of ether oxygens (including phenoxy) is 3. The lowest BCUT2D eigenvalue weighted by Gasteiger charge is -2.43. The Morgan fingerprint density at radius 1 is 1.21 bits per heavy atom. The Bertz CT molecular complexity index is 1220. The molecule has 0 N–H and O–H groups in total. The quantitative estimate of drug-likeness (QED) is 0.0972. The zero-order chi connectivity index (χ0) is 32.3. The Morgan fingerprint density at radius 2 is 1.76 bits per heavy atom. The van der Waals surface area contributed by atoms with Gasteiger partial charge in [0.2, 0.25) is 6.23 Å². The van der Waals surface area contributed by atoms with Gasteiger partial charge < -0.3 is 32.2 Å². The molecule has 2 aliphatic heterocycles. The van der Waals surface area contributed by atoms with E-state index in [1.165, 1.54) is 0 Å². The lowest BCUT2D eigenvalue weighted by molar-refractivity contribution is -0.769. The summed E-state index contributed by atoms with van der Waals surface area (Å²) in [5.74, 6) is 0.868. The molecule has 3 heterocycles. The molecule has 3 rings (SSSR count). The zero-order valence-electron chi connectivity index (χ0n) is 25.4. The minimum atomic E-state index is -6.09. The van der Waals surface area contributed by atoms with E-state index in [0.717, 1.165) is 12.0 Å². The highest BCUT2D eigenvalue weighted by molar-refractivity contribution is 7.86. The number of fused-ring (bicyclic) bond motifs is 4. The van der Waals surface area contributed by atoms with E-state index in [1.807, 2.05) is 17.7 Å². The largest absolute Gasteiger partial charge is 0.741 e. The summed E-state index contributed by atoms with van der Waals surface area (Å²) < 4.78 is 109. The molecule has 3 atom stereocenters. The molecule has 0 aromatic carbocycles. The summed E-state index contributed by atoms with van der Waals surface area (Å²) >= 11 is 0. The van der Waals surface area contributed by atoms with Crippen LogP contribution in [0.2, 0.25) is 18.1 Å². The van der Waals surface area contributed by atoms with Crippen molar-refractivity contribution in [3.05, 3.63) is 11.8 Å². The summed E-state index contributed by atoms with van der Waals surface area (Å²) in [5.41, 5.74) is -4.87. The van der Waals surface area contributed by atoms with Crippen LogP contribution >= 0.6 is 7.60 Å². The predicted molar refractivity (Wildman–Crippen MR) is 147 cm³/mol. The molecule has 2 aliphatic rings. The first-order valence-electron chi connectivity index (χ1n) is 13.5. The Balaban J connectivity index is 0.000000675. The van der Waals surface area contributed by atoms with Crippen molar-refractivity contribution in [2.75, 3.05) is 26.2 Å². The first kappa shape index (κ1) is 36.9. The van der Waals surface area contributed by atoms with Crippen LogP contribution in [0.5, 0.6) is 11.9 Å². The number of aromatic nitrogens is 2. The maximum absolute atomic E-state index is 12.7. The van der Waals surface area contributed by atoms with Crippen molar-refractivity contribution < 1.29 is 63.0 Å². The van der Waals surface area contributed by atoms with Crippen LogP contribution < -0.4 is 14.0 Å². The standard InChI is InChI=1S/C23H42N2O7PSi.CHF3O3S/c1-10-28-33(26,29-11-2)15-27-21-17(5)13-25-20-12-18(32-22(25)24-21)19(31-20)14-30-34(8,9)23(6,7)16(3)4;2-1(3,4)8(5,6)7/h13,16,18-20H,10-12,14-15H2,1-9H3;(H,5,6,7)/q+1;/p-1/t18-,19-,20-;/m1./s1. The van der Waals surface area contributed by atoms with Crippen LogP contribution in [0.3, 0.4) is 0 Å². The highest BCUT2D eigenvalue weighted by Crippen LogP contribution is 2.48. The van der Waals surface area contributed by atoms with Gasteiger partial charge in [-0.05, 0) is 44.8 Å². The van der Waals surface area contributed by atoms with Gasteiger partial charge in [0, 0.05) is 4.98 Å². The molecular formula is C24H42F3N2O10PSSi. The van der Waals surface area contributed by atoms with Crippen LogP contribution in [-0.4, -0.2) is 70.2 Å². The fourth-order valence-corrected chi connectivity index (χ4v) is 7.72. The average molecular weight is 667 g/mol. The number of aryl methyl sites for hydroxylation is 1. The molecule has 42 heavy (non-hydrogen) atoms. The average Bonchev–Trinajstić information content (AvgIpc) is 3.18. The number of nitrogens with zero attached hydrogens (tertiary/aromatic N) is 2. The van der Waals surface area contributed by atoms with Crippen LogP contribution in [0.1, 0.15) is 59.8 Å². The number of halogens is 3. The topological polar surface area (TPSA) is 146 Å². The lowest BCUT2D eigenvalue weighted by Crippen LogP contribution is -2.48. The number of hydrogen-bond donors (Lipinski definition) is 0. The monoisotopic (exact) mass is 666 g/mol. The summed E-state index contributed by atoms with van der Waals surface area (Å²) in [6, 6.07) is 0.422. The molecule has 0 saturated carbocycles. The van der Waals surface area contributed by atoms with Gasteiger partial charge in [0.15, 0.2) is 24.8 Å². The zero-order valence-corrected chi connectivity index (χ0v) is 28.1. The van der Waals surface area contributed by atoms with E-state index in [-0.39, 0.29) is 43.0 Å². The van der Waals surface area contributed by atoms with E-state index in [9.17, 15) is 17.7 Å². The third-order valence-corrected chi connectivity index (χ3v) is 14.6. The molecule has 18 heteroatoms. The van der Waals surface area contributed by atoms with Crippen molar-refractivity contribution in [1.29, 1.82) is 0 Å². The van der Waals surface area contributed by atoms with E-state index in [0.29, 0.717) is 24.4 Å². The fourth-order valence-electron chi connectivity index (χ4n) is 4.09. The van der Waals surface area contributed by atoms with Gasteiger partial charge >= 0.3 is 25.0 Å². The second-order valence-electron chi connectivity index (χ2n) is 11.3. The summed E-state index contributed by atoms with van der Waals surface area (Å²) in [4.78, 5) is 4.56. The van der Waals surface area contributed by atoms with Gasteiger partial charge in [-0.1, -0.05) is 27.7 Å². The molecule has 2 bridgehead atoms. The Hall–Kier alpha value is -1.33. The first-order chi connectivity index (χ1) is 19.1. The third-order valence-electron chi connectivity index (χ3n) is 7.73. The highest BCUT2D eigenvalue weighted by Gasteiger charge is 2.50. The molecular weight excluding hydrogens is 624 g/mol. The maximum atomic E-state index is 12.7. The number of rotatable bonds is 12.